The highest BCUT2D eigenvalue weighted by Gasteiger charge is 2.31. The van der Waals surface area contributed by atoms with Crippen LogP contribution in [0.2, 0.25) is 0 Å². The van der Waals surface area contributed by atoms with Gasteiger partial charge in [-0.25, -0.2) is 0 Å². The van der Waals surface area contributed by atoms with Gasteiger partial charge in [-0.05, 0) is 46.7 Å². The number of carbonyl (C=O) groups is 1. The fourth-order valence-corrected chi connectivity index (χ4v) is 2.86. The standard InChI is InChI=1S/C15H27N5O2/c1-15(2,14-17-13(22-19-14)9-20(3)4)18-12(21)8-10-6-5-7-11(10)16/h10-11H,5-9,16H2,1-4H3,(H,18,21)/t10-,11+/m0/s1. The number of rotatable bonds is 6. The number of nitrogens with two attached hydrogens (primary N) is 1. The zero-order valence-electron chi connectivity index (χ0n) is 13.9. The number of nitrogens with zero attached hydrogens (tertiary/aromatic N) is 3. The molecule has 7 heteroatoms. The zero-order chi connectivity index (χ0) is 16.3. The monoisotopic (exact) mass is 309 g/mol. The number of hydrogen-bond donors (Lipinski definition) is 2. The van der Waals surface area contributed by atoms with Crippen LogP contribution in [0, 0.1) is 5.92 Å². The molecule has 0 unspecified atom stereocenters. The highest BCUT2D eigenvalue weighted by Crippen LogP contribution is 2.27. The van der Waals surface area contributed by atoms with Crippen molar-refractivity contribution in [1.82, 2.24) is 20.4 Å². The second kappa shape index (κ2) is 6.75. The molecule has 22 heavy (non-hydrogen) atoms. The first-order valence-electron chi connectivity index (χ1n) is 7.82. The van der Waals surface area contributed by atoms with E-state index in [0.717, 1.165) is 19.3 Å². The fourth-order valence-electron chi connectivity index (χ4n) is 2.86. The Labute approximate surface area is 131 Å². The van der Waals surface area contributed by atoms with Crippen LogP contribution in [0.1, 0.15) is 51.2 Å². The number of nitrogens with one attached hydrogen (secondary N) is 1. The Morgan fingerprint density at radius 3 is 2.77 bits per heavy atom. The van der Waals surface area contributed by atoms with E-state index in [1.165, 1.54) is 0 Å². The average Bonchev–Trinajstić information content (AvgIpc) is 2.99. The SMILES string of the molecule is CN(C)Cc1nc(C(C)(C)NC(=O)C[C@@H]2CCC[C@H]2N)no1. The van der Waals surface area contributed by atoms with Crippen LogP contribution in [-0.4, -0.2) is 41.1 Å². The van der Waals surface area contributed by atoms with Crippen molar-refractivity contribution in [1.29, 1.82) is 0 Å². The molecule has 1 amide bonds. The van der Waals surface area contributed by atoms with E-state index in [1.807, 2.05) is 32.8 Å². The van der Waals surface area contributed by atoms with Gasteiger partial charge < -0.3 is 20.5 Å². The normalized spacial score (nSPS) is 22.3. The Morgan fingerprint density at radius 2 is 2.18 bits per heavy atom. The molecular formula is C15H27N5O2. The topological polar surface area (TPSA) is 97.3 Å². The van der Waals surface area contributed by atoms with Gasteiger partial charge in [0, 0.05) is 12.5 Å². The number of amides is 1. The minimum Gasteiger partial charge on any atom is -0.344 e. The summed E-state index contributed by atoms with van der Waals surface area (Å²) in [4.78, 5) is 18.6. The molecule has 0 spiro atoms. The molecule has 2 atom stereocenters. The molecule has 1 aliphatic rings. The lowest BCUT2D eigenvalue weighted by molar-refractivity contribution is -0.123. The summed E-state index contributed by atoms with van der Waals surface area (Å²) in [7, 11) is 3.86. The van der Waals surface area contributed by atoms with E-state index in [9.17, 15) is 4.79 Å². The third kappa shape index (κ3) is 4.27. The summed E-state index contributed by atoms with van der Waals surface area (Å²) in [5, 5.41) is 6.98. The molecule has 1 aliphatic carbocycles. The molecule has 3 N–H and O–H groups in total. The van der Waals surface area contributed by atoms with Crippen LogP contribution in [0.5, 0.6) is 0 Å². The third-order valence-electron chi connectivity index (χ3n) is 4.10. The summed E-state index contributed by atoms with van der Waals surface area (Å²) >= 11 is 0. The molecule has 1 aromatic rings. The Hall–Kier alpha value is -1.47. The van der Waals surface area contributed by atoms with Gasteiger partial charge in [0.15, 0.2) is 5.82 Å². The summed E-state index contributed by atoms with van der Waals surface area (Å²) in [6.45, 7) is 4.33. The van der Waals surface area contributed by atoms with E-state index >= 15 is 0 Å². The summed E-state index contributed by atoms with van der Waals surface area (Å²) in [6, 6.07) is 0.144. The minimum atomic E-state index is -0.659. The maximum absolute atomic E-state index is 12.3. The molecule has 1 saturated carbocycles. The second-order valence-electron chi connectivity index (χ2n) is 6.98. The van der Waals surface area contributed by atoms with Crippen molar-refractivity contribution in [3.8, 4) is 0 Å². The van der Waals surface area contributed by atoms with Crippen LogP contribution in [0.3, 0.4) is 0 Å². The number of carbonyl (C=O) groups excluding carboxylic acids is 1. The lowest BCUT2D eigenvalue weighted by Gasteiger charge is -2.24. The Kier molecular flexibility index (Phi) is 5.18. The van der Waals surface area contributed by atoms with Gasteiger partial charge in [-0.3, -0.25) is 4.79 Å². The van der Waals surface area contributed by atoms with Crippen molar-refractivity contribution in [3.05, 3.63) is 11.7 Å². The lowest BCUT2D eigenvalue weighted by Crippen LogP contribution is -2.43. The van der Waals surface area contributed by atoms with Gasteiger partial charge in [-0.1, -0.05) is 11.6 Å². The second-order valence-corrected chi connectivity index (χ2v) is 6.98. The first kappa shape index (κ1) is 16.9. The Morgan fingerprint density at radius 1 is 1.45 bits per heavy atom. The predicted molar refractivity (Wildman–Crippen MR) is 82.8 cm³/mol. The van der Waals surface area contributed by atoms with Crippen LogP contribution in [0.15, 0.2) is 4.52 Å². The average molecular weight is 309 g/mol. The maximum atomic E-state index is 12.3. The predicted octanol–water partition coefficient (Wildman–Crippen LogP) is 1.00. The van der Waals surface area contributed by atoms with E-state index in [4.69, 9.17) is 10.3 Å². The lowest BCUT2D eigenvalue weighted by atomic mass is 9.98. The third-order valence-corrected chi connectivity index (χ3v) is 4.10. The molecule has 1 fully saturated rings. The summed E-state index contributed by atoms with van der Waals surface area (Å²) in [5.41, 5.74) is 5.37. The largest absolute Gasteiger partial charge is 0.344 e. The van der Waals surface area contributed by atoms with Gasteiger partial charge >= 0.3 is 0 Å². The molecule has 0 aromatic carbocycles. The molecule has 7 nitrogen and oxygen atoms in total. The van der Waals surface area contributed by atoms with Crippen molar-refractivity contribution in [2.24, 2.45) is 11.7 Å². The number of aromatic nitrogens is 2. The Balaban J connectivity index is 1.94. The molecule has 0 saturated heterocycles. The van der Waals surface area contributed by atoms with E-state index in [0.29, 0.717) is 24.7 Å². The van der Waals surface area contributed by atoms with Crippen molar-refractivity contribution in [3.63, 3.8) is 0 Å². The van der Waals surface area contributed by atoms with Gasteiger partial charge in [0.05, 0.1) is 12.1 Å². The highest BCUT2D eigenvalue weighted by molar-refractivity contribution is 5.77. The maximum Gasteiger partial charge on any atom is 0.240 e. The van der Waals surface area contributed by atoms with E-state index in [1.54, 1.807) is 0 Å². The van der Waals surface area contributed by atoms with Crippen LogP contribution in [0.25, 0.3) is 0 Å². The molecule has 124 valence electrons. The van der Waals surface area contributed by atoms with Gasteiger partial charge in [-0.15, -0.1) is 0 Å². The van der Waals surface area contributed by atoms with Crippen LogP contribution >= 0.6 is 0 Å². The summed E-state index contributed by atoms with van der Waals surface area (Å²) in [5.74, 6) is 1.31. The van der Waals surface area contributed by atoms with Crippen LogP contribution in [-0.2, 0) is 16.9 Å². The zero-order valence-corrected chi connectivity index (χ0v) is 13.9. The quantitative estimate of drug-likeness (QED) is 0.813. The smallest absolute Gasteiger partial charge is 0.240 e. The molecule has 0 bridgehead atoms. The van der Waals surface area contributed by atoms with Gasteiger partial charge in [0.2, 0.25) is 11.8 Å². The minimum absolute atomic E-state index is 0.00805. The molecule has 2 rings (SSSR count). The highest BCUT2D eigenvalue weighted by atomic mass is 16.5. The van der Waals surface area contributed by atoms with Crippen molar-refractivity contribution in [2.45, 2.75) is 57.7 Å². The molecule has 0 aliphatic heterocycles. The molecule has 1 aromatic heterocycles. The van der Waals surface area contributed by atoms with Gasteiger partial charge in [0.1, 0.15) is 0 Å². The summed E-state index contributed by atoms with van der Waals surface area (Å²) < 4.78 is 5.22. The fraction of sp³-hybridized carbons (Fsp3) is 0.800. The van der Waals surface area contributed by atoms with Crippen molar-refractivity contribution < 1.29 is 9.32 Å². The van der Waals surface area contributed by atoms with E-state index < -0.39 is 5.54 Å². The first-order valence-corrected chi connectivity index (χ1v) is 7.82. The van der Waals surface area contributed by atoms with Crippen LogP contribution < -0.4 is 11.1 Å². The molecular weight excluding hydrogens is 282 g/mol. The Bertz CT molecular complexity index is 512. The number of hydrogen-bond acceptors (Lipinski definition) is 6. The molecule has 0 radical (unpaired) electrons. The first-order chi connectivity index (χ1) is 10.3. The van der Waals surface area contributed by atoms with Gasteiger partial charge in [0.25, 0.3) is 0 Å². The van der Waals surface area contributed by atoms with E-state index in [2.05, 4.69) is 15.5 Å². The van der Waals surface area contributed by atoms with Crippen LogP contribution in [0.4, 0.5) is 0 Å². The van der Waals surface area contributed by atoms with Crippen molar-refractivity contribution >= 4 is 5.91 Å². The van der Waals surface area contributed by atoms with E-state index in [-0.39, 0.29) is 17.9 Å². The van der Waals surface area contributed by atoms with Crippen molar-refractivity contribution in [2.75, 3.05) is 14.1 Å². The summed E-state index contributed by atoms with van der Waals surface area (Å²) in [6.07, 6.45) is 3.62. The van der Waals surface area contributed by atoms with Gasteiger partial charge in [-0.2, -0.15) is 4.98 Å². The molecule has 1 heterocycles.